The second kappa shape index (κ2) is 11.9. The number of rotatable bonds is 8. The summed E-state index contributed by atoms with van der Waals surface area (Å²) < 4.78 is 0. The Hall–Kier alpha value is -2.90. The van der Waals surface area contributed by atoms with E-state index in [2.05, 4.69) is 33.0 Å². The van der Waals surface area contributed by atoms with Gasteiger partial charge in [0.2, 0.25) is 0 Å². The number of hydrogen-bond acceptors (Lipinski definition) is 4. The Morgan fingerprint density at radius 1 is 1.15 bits per heavy atom. The quantitative estimate of drug-likeness (QED) is 0.235. The van der Waals surface area contributed by atoms with E-state index in [0.717, 1.165) is 44.1 Å². The van der Waals surface area contributed by atoms with Crippen LogP contribution in [0.25, 0.3) is 0 Å². The predicted molar refractivity (Wildman–Crippen MR) is 162 cm³/mol. The molecule has 1 fully saturated rings. The lowest BCUT2D eigenvalue weighted by Crippen LogP contribution is -2.51. The molecule has 9 heteroatoms. The smallest absolute Gasteiger partial charge is 0.275 e. The maximum atomic E-state index is 14.3. The van der Waals surface area contributed by atoms with Gasteiger partial charge in [0.1, 0.15) is 17.2 Å². The Balaban J connectivity index is 1.72. The first-order valence-electron chi connectivity index (χ1n) is 14.0. The normalized spacial score (nSPS) is 21.9. The molecule has 2 amide bonds. The van der Waals surface area contributed by atoms with Gasteiger partial charge in [-0.1, -0.05) is 69.5 Å². The van der Waals surface area contributed by atoms with Crippen molar-refractivity contribution in [3.05, 3.63) is 69.2 Å². The molecule has 1 unspecified atom stereocenters. The standard InChI is InChI=1S/C31H39Cl2N5O2/c1-5-6-25(19-7-9-20(10-8-19)28(39)36-18-26(34)35)38-29(40)27(21-15-23(32)17-24(33)16-21)37-31(38)13-11-22(12-14-31)30(2,3)4/h7-10,15-17,22,25H,5-6,11-14,18H2,1-4H3,(H3,34,35)(H,36,39). The highest BCUT2D eigenvalue weighted by Gasteiger charge is 2.52. The predicted octanol–water partition coefficient (Wildman–Crippen LogP) is 6.76. The highest BCUT2D eigenvalue weighted by atomic mass is 35.5. The van der Waals surface area contributed by atoms with Crippen LogP contribution in [0.2, 0.25) is 10.0 Å². The van der Waals surface area contributed by atoms with Gasteiger partial charge in [-0.15, -0.1) is 0 Å². The van der Waals surface area contributed by atoms with E-state index >= 15 is 0 Å². The van der Waals surface area contributed by atoms with Crippen molar-refractivity contribution in [1.82, 2.24) is 10.2 Å². The Morgan fingerprint density at radius 3 is 2.27 bits per heavy atom. The number of benzene rings is 2. The van der Waals surface area contributed by atoms with E-state index in [1.165, 1.54) is 0 Å². The van der Waals surface area contributed by atoms with Crippen molar-refractivity contribution in [3.8, 4) is 0 Å². The van der Waals surface area contributed by atoms with Crippen LogP contribution in [0.4, 0.5) is 0 Å². The zero-order valence-electron chi connectivity index (χ0n) is 23.7. The van der Waals surface area contributed by atoms with E-state index in [-0.39, 0.29) is 35.7 Å². The average molecular weight is 585 g/mol. The fourth-order valence-corrected chi connectivity index (χ4v) is 6.60. The summed E-state index contributed by atoms with van der Waals surface area (Å²) in [6.07, 6.45) is 5.15. The molecule has 0 bridgehead atoms. The van der Waals surface area contributed by atoms with Gasteiger partial charge in [0, 0.05) is 21.2 Å². The van der Waals surface area contributed by atoms with Gasteiger partial charge in [0.15, 0.2) is 0 Å². The third kappa shape index (κ3) is 6.36. The molecule has 0 aromatic heterocycles. The lowest BCUT2D eigenvalue weighted by Gasteiger charge is -2.47. The van der Waals surface area contributed by atoms with Crippen molar-refractivity contribution in [1.29, 1.82) is 5.41 Å². The van der Waals surface area contributed by atoms with Gasteiger partial charge in [-0.05, 0) is 79.3 Å². The Labute approximate surface area is 247 Å². The first-order valence-corrected chi connectivity index (χ1v) is 14.7. The highest BCUT2D eigenvalue weighted by Crippen LogP contribution is 2.50. The van der Waals surface area contributed by atoms with Gasteiger partial charge in [-0.25, -0.2) is 0 Å². The monoisotopic (exact) mass is 583 g/mol. The first-order chi connectivity index (χ1) is 18.8. The summed E-state index contributed by atoms with van der Waals surface area (Å²) in [5.74, 6) is 0.0249. The van der Waals surface area contributed by atoms with E-state index in [1.807, 2.05) is 17.0 Å². The summed E-state index contributed by atoms with van der Waals surface area (Å²) in [7, 11) is 0. The van der Waals surface area contributed by atoms with Crippen LogP contribution in [-0.4, -0.2) is 40.5 Å². The molecular formula is C31H39Cl2N5O2. The Kier molecular flexibility index (Phi) is 8.96. The topological polar surface area (TPSA) is 112 Å². The summed E-state index contributed by atoms with van der Waals surface area (Å²) >= 11 is 12.7. The number of nitrogens with two attached hydrogens (primary N) is 1. The molecule has 1 aliphatic carbocycles. The molecule has 1 atom stereocenters. The van der Waals surface area contributed by atoms with Crippen LogP contribution < -0.4 is 11.1 Å². The van der Waals surface area contributed by atoms with E-state index in [1.54, 1.807) is 30.3 Å². The van der Waals surface area contributed by atoms with Gasteiger partial charge in [0.05, 0.1) is 12.6 Å². The van der Waals surface area contributed by atoms with Crippen molar-refractivity contribution in [2.75, 3.05) is 6.54 Å². The number of carbonyl (C=O) groups is 2. The van der Waals surface area contributed by atoms with E-state index in [4.69, 9.17) is 39.3 Å². The minimum absolute atomic E-state index is 0.00691. The summed E-state index contributed by atoms with van der Waals surface area (Å²) in [6.45, 7) is 8.95. The zero-order chi connectivity index (χ0) is 29.2. The number of aliphatic imine (C=N–C) groups is 1. The minimum Gasteiger partial charge on any atom is -0.386 e. The van der Waals surface area contributed by atoms with Crippen LogP contribution in [0, 0.1) is 16.7 Å². The number of carbonyl (C=O) groups excluding carboxylic acids is 2. The molecule has 0 saturated heterocycles. The number of nitrogens with zero attached hydrogens (tertiary/aromatic N) is 2. The molecule has 40 heavy (non-hydrogen) atoms. The molecule has 4 rings (SSSR count). The first kappa shape index (κ1) is 30.1. The maximum Gasteiger partial charge on any atom is 0.275 e. The van der Waals surface area contributed by atoms with Gasteiger partial charge in [-0.3, -0.25) is 20.0 Å². The minimum atomic E-state index is -0.652. The van der Waals surface area contributed by atoms with Crippen LogP contribution in [0.5, 0.6) is 0 Å². The Morgan fingerprint density at radius 2 is 1.75 bits per heavy atom. The third-order valence-corrected chi connectivity index (χ3v) is 8.64. The molecule has 4 N–H and O–H groups in total. The average Bonchev–Trinajstić information content (AvgIpc) is 3.16. The van der Waals surface area contributed by atoms with Gasteiger partial charge in [0.25, 0.3) is 11.8 Å². The molecule has 2 aliphatic rings. The fourth-order valence-electron chi connectivity index (χ4n) is 6.07. The summed E-state index contributed by atoms with van der Waals surface area (Å²) in [6, 6.07) is 12.3. The van der Waals surface area contributed by atoms with Gasteiger partial charge < -0.3 is 16.0 Å². The molecule has 7 nitrogen and oxygen atoms in total. The fraction of sp³-hybridized carbons (Fsp3) is 0.484. The molecule has 1 heterocycles. The molecule has 0 radical (unpaired) electrons. The molecule has 1 spiro atoms. The van der Waals surface area contributed by atoms with Crippen LogP contribution in [0.3, 0.4) is 0 Å². The molecule has 1 saturated carbocycles. The SMILES string of the molecule is CCCC(c1ccc(C(=O)NCC(=N)N)cc1)N1C(=O)C(c2cc(Cl)cc(Cl)c2)=NC12CCC(C(C)(C)C)CC2. The van der Waals surface area contributed by atoms with Crippen molar-refractivity contribution < 1.29 is 9.59 Å². The lowest BCUT2D eigenvalue weighted by atomic mass is 9.69. The molecule has 1 aliphatic heterocycles. The van der Waals surface area contributed by atoms with Crippen LogP contribution in [0.15, 0.2) is 47.5 Å². The number of hydrogen-bond donors (Lipinski definition) is 3. The van der Waals surface area contributed by atoms with Crippen LogP contribution in [-0.2, 0) is 4.79 Å². The van der Waals surface area contributed by atoms with Crippen molar-refractivity contribution in [3.63, 3.8) is 0 Å². The highest BCUT2D eigenvalue weighted by molar-refractivity contribution is 6.47. The van der Waals surface area contributed by atoms with Crippen molar-refractivity contribution >= 4 is 46.6 Å². The second-order valence-electron chi connectivity index (χ2n) is 12.1. The Bertz CT molecular complexity index is 1290. The lowest BCUT2D eigenvalue weighted by molar-refractivity contribution is -0.133. The molecule has 214 valence electrons. The van der Waals surface area contributed by atoms with Crippen molar-refractivity contribution in [2.24, 2.45) is 22.1 Å². The summed E-state index contributed by atoms with van der Waals surface area (Å²) in [5, 5.41) is 10.9. The van der Waals surface area contributed by atoms with Crippen LogP contribution in [0.1, 0.15) is 93.7 Å². The van der Waals surface area contributed by atoms with E-state index < -0.39 is 5.66 Å². The number of amidine groups is 1. The number of halogens is 2. The summed E-state index contributed by atoms with van der Waals surface area (Å²) in [5.41, 5.74) is 7.37. The second-order valence-corrected chi connectivity index (χ2v) is 12.9. The molecule has 2 aromatic rings. The number of amides is 2. The van der Waals surface area contributed by atoms with Gasteiger partial charge >= 0.3 is 0 Å². The largest absolute Gasteiger partial charge is 0.386 e. The molecule has 2 aromatic carbocycles. The van der Waals surface area contributed by atoms with E-state index in [9.17, 15) is 9.59 Å². The van der Waals surface area contributed by atoms with E-state index in [0.29, 0.717) is 32.8 Å². The third-order valence-electron chi connectivity index (χ3n) is 8.21. The maximum absolute atomic E-state index is 14.3. The van der Waals surface area contributed by atoms with Crippen molar-refractivity contribution in [2.45, 2.75) is 77.9 Å². The summed E-state index contributed by atoms with van der Waals surface area (Å²) in [4.78, 5) is 34.0. The van der Waals surface area contributed by atoms with Crippen LogP contribution >= 0.6 is 23.2 Å². The zero-order valence-corrected chi connectivity index (χ0v) is 25.2. The van der Waals surface area contributed by atoms with Gasteiger partial charge in [-0.2, -0.15) is 0 Å². The number of nitrogens with one attached hydrogen (secondary N) is 2. The molecular weight excluding hydrogens is 545 g/mol.